The van der Waals surface area contributed by atoms with Crippen LogP contribution in [0.3, 0.4) is 0 Å². The van der Waals surface area contributed by atoms with Gasteiger partial charge in [0.1, 0.15) is 0 Å². The van der Waals surface area contributed by atoms with E-state index < -0.39 is 15.3 Å². The number of urea groups is 1. The summed E-state index contributed by atoms with van der Waals surface area (Å²) < 4.78 is 28.6. The Kier molecular flexibility index (Phi) is 5.60. The summed E-state index contributed by atoms with van der Waals surface area (Å²) in [5, 5.41) is -0.276. The van der Waals surface area contributed by atoms with E-state index in [1.807, 2.05) is 11.8 Å². The Balaban J connectivity index is 1.43. The summed E-state index contributed by atoms with van der Waals surface area (Å²) in [6.07, 6.45) is 6.24. The molecule has 0 aromatic carbocycles. The highest BCUT2D eigenvalue weighted by molar-refractivity contribution is 7.90. The van der Waals surface area contributed by atoms with Crippen molar-refractivity contribution in [3.8, 4) is 0 Å². The van der Waals surface area contributed by atoms with E-state index in [2.05, 4.69) is 4.72 Å². The lowest BCUT2D eigenvalue weighted by Gasteiger charge is -2.37. The smallest absolute Gasteiger partial charge is 0.320 e. The second-order valence-electron chi connectivity index (χ2n) is 9.59. The summed E-state index contributed by atoms with van der Waals surface area (Å²) >= 11 is 12.7. The molecule has 3 saturated carbocycles. The number of rotatable bonds is 5. The molecule has 1 heterocycles. The van der Waals surface area contributed by atoms with Crippen molar-refractivity contribution in [3.63, 3.8) is 0 Å². The van der Waals surface area contributed by atoms with Crippen molar-refractivity contribution in [3.05, 3.63) is 0 Å². The van der Waals surface area contributed by atoms with E-state index in [9.17, 15) is 13.2 Å². The van der Waals surface area contributed by atoms with E-state index in [-0.39, 0.29) is 34.4 Å². The Hall–Kier alpha value is -0.240. The molecule has 2 amide bonds. The minimum atomic E-state index is -3.36. The van der Waals surface area contributed by atoms with Gasteiger partial charge < -0.3 is 9.80 Å². The van der Waals surface area contributed by atoms with Crippen LogP contribution in [0.5, 0.6) is 0 Å². The third-order valence-corrected chi connectivity index (χ3v) is 9.95. The highest BCUT2D eigenvalue weighted by Gasteiger charge is 2.51. The molecule has 5 unspecified atom stereocenters. The molecule has 0 aromatic heterocycles. The molecule has 1 aliphatic heterocycles. The Labute approximate surface area is 178 Å². The van der Waals surface area contributed by atoms with Crippen LogP contribution < -0.4 is 4.72 Å². The molecule has 0 spiro atoms. The second kappa shape index (κ2) is 7.47. The number of alkyl halides is 2. The van der Waals surface area contributed by atoms with Crippen LogP contribution in [0.25, 0.3) is 0 Å². The molecule has 28 heavy (non-hydrogen) atoms. The highest BCUT2D eigenvalue weighted by atomic mass is 35.5. The number of carbonyl (C=O) groups excluding carboxylic acids is 1. The molecular formula is C19H31Cl2N3O3S. The van der Waals surface area contributed by atoms with Gasteiger partial charge in [0.15, 0.2) is 0 Å². The lowest BCUT2D eigenvalue weighted by atomic mass is 9.86. The third-order valence-electron chi connectivity index (χ3n) is 7.15. The highest BCUT2D eigenvalue weighted by Crippen LogP contribution is 2.40. The maximum absolute atomic E-state index is 12.9. The summed E-state index contributed by atoms with van der Waals surface area (Å²) in [5.74, 6) is 0.313. The predicted octanol–water partition coefficient (Wildman–Crippen LogP) is 3.13. The molecule has 1 saturated heterocycles. The van der Waals surface area contributed by atoms with Gasteiger partial charge in [-0.1, -0.05) is 0 Å². The Morgan fingerprint density at radius 2 is 1.71 bits per heavy atom. The lowest BCUT2D eigenvalue weighted by molar-refractivity contribution is 0.165. The summed E-state index contributed by atoms with van der Waals surface area (Å²) in [7, 11) is -1.55. The maximum atomic E-state index is 12.9. The first-order chi connectivity index (χ1) is 13.1. The summed E-state index contributed by atoms with van der Waals surface area (Å²) in [6, 6.07) is 0.0555. The van der Waals surface area contributed by atoms with E-state index in [4.69, 9.17) is 23.2 Å². The zero-order valence-electron chi connectivity index (χ0n) is 16.6. The molecular weight excluding hydrogens is 421 g/mol. The van der Waals surface area contributed by atoms with Gasteiger partial charge in [-0.05, 0) is 64.2 Å². The average Bonchev–Trinajstić information content (AvgIpc) is 3.27. The van der Waals surface area contributed by atoms with E-state index in [1.54, 1.807) is 11.9 Å². The number of amides is 2. The largest absolute Gasteiger partial charge is 0.323 e. The van der Waals surface area contributed by atoms with Crippen LogP contribution in [0.4, 0.5) is 4.79 Å². The number of nitrogens with zero attached hydrogens (tertiary/aromatic N) is 2. The first-order valence-electron chi connectivity index (χ1n) is 10.4. The van der Waals surface area contributed by atoms with Crippen molar-refractivity contribution in [2.75, 3.05) is 13.6 Å². The fraction of sp³-hybridized carbons (Fsp3) is 0.947. The monoisotopic (exact) mass is 451 g/mol. The normalized spacial score (nSPS) is 40.5. The van der Waals surface area contributed by atoms with Gasteiger partial charge >= 0.3 is 6.03 Å². The number of halogens is 2. The molecule has 3 aliphatic carbocycles. The van der Waals surface area contributed by atoms with Crippen LogP contribution in [0.2, 0.25) is 0 Å². The van der Waals surface area contributed by atoms with E-state index in [0.29, 0.717) is 25.3 Å². The number of nitrogens with one attached hydrogen (secondary N) is 1. The number of sulfonamides is 1. The molecule has 5 atom stereocenters. The molecule has 1 N–H and O–H groups in total. The van der Waals surface area contributed by atoms with Gasteiger partial charge in [0.2, 0.25) is 10.0 Å². The molecule has 4 rings (SSSR count). The van der Waals surface area contributed by atoms with Gasteiger partial charge in [0.25, 0.3) is 0 Å². The maximum Gasteiger partial charge on any atom is 0.320 e. The molecule has 6 nitrogen and oxygen atoms in total. The van der Waals surface area contributed by atoms with E-state index >= 15 is 0 Å². The van der Waals surface area contributed by atoms with E-state index in [1.165, 1.54) is 0 Å². The minimum absolute atomic E-state index is 0.0120. The predicted molar refractivity (Wildman–Crippen MR) is 111 cm³/mol. The Morgan fingerprint density at radius 3 is 2.32 bits per heavy atom. The zero-order chi connectivity index (χ0) is 20.3. The van der Waals surface area contributed by atoms with Crippen LogP contribution in [0.1, 0.15) is 58.3 Å². The first-order valence-corrected chi connectivity index (χ1v) is 12.8. The quantitative estimate of drug-likeness (QED) is 0.652. The van der Waals surface area contributed by atoms with Gasteiger partial charge in [-0.3, -0.25) is 0 Å². The molecule has 9 heteroatoms. The summed E-state index contributed by atoms with van der Waals surface area (Å²) in [5.41, 5.74) is -0.254. The molecule has 4 aliphatic rings. The van der Waals surface area contributed by atoms with Gasteiger partial charge in [-0.2, -0.15) is 0 Å². The van der Waals surface area contributed by atoms with Crippen molar-refractivity contribution in [2.45, 2.75) is 91.9 Å². The standard InChI is InChI=1S/C19H31Cl2N3O3S/c1-19(5-6-19)22-28(26,27)15-3-4-16-17(10-15)23(2)18(25)24(16)11-12-7-13(20)9-14(21)8-12/h12-17,22H,3-11H2,1-2H3. The minimum Gasteiger partial charge on any atom is -0.323 e. The van der Waals surface area contributed by atoms with Crippen LogP contribution >= 0.6 is 23.2 Å². The van der Waals surface area contributed by atoms with Gasteiger partial charge in [-0.25, -0.2) is 17.9 Å². The fourth-order valence-electron chi connectivity index (χ4n) is 5.29. The Bertz CT molecular complexity index is 720. The number of hydrogen-bond acceptors (Lipinski definition) is 3. The van der Waals surface area contributed by atoms with Crippen molar-refractivity contribution in [1.29, 1.82) is 0 Å². The lowest BCUT2D eigenvalue weighted by Crippen LogP contribution is -2.50. The summed E-state index contributed by atoms with van der Waals surface area (Å²) in [6.45, 7) is 2.63. The first kappa shape index (κ1) is 21.0. The molecule has 4 fully saturated rings. The Morgan fingerprint density at radius 1 is 1.07 bits per heavy atom. The topological polar surface area (TPSA) is 69.7 Å². The van der Waals surface area contributed by atoms with Gasteiger partial charge in [0, 0.05) is 29.9 Å². The van der Waals surface area contributed by atoms with Crippen molar-refractivity contribution in [1.82, 2.24) is 14.5 Å². The molecule has 0 bridgehead atoms. The van der Waals surface area contributed by atoms with Crippen molar-refractivity contribution in [2.24, 2.45) is 5.92 Å². The zero-order valence-corrected chi connectivity index (χ0v) is 18.9. The molecule has 0 radical (unpaired) electrons. The number of likely N-dealkylation sites (N-methyl/N-ethyl adjacent to an activating group) is 1. The second-order valence-corrected chi connectivity index (χ2v) is 12.8. The third kappa shape index (κ3) is 4.14. The van der Waals surface area contributed by atoms with Crippen LogP contribution in [-0.4, -0.2) is 71.5 Å². The fourth-order valence-corrected chi connectivity index (χ4v) is 8.27. The average molecular weight is 452 g/mol. The van der Waals surface area contributed by atoms with Crippen molar-refractivity contribution >= 4 is 39.3 Å². The summed E-state index contributed by atoms with van der Waals surface area (Å²) in [4.78, 5) is 16.6. The molecule has 0 aromatic rings. The van der Waals surface area contributed by atoms with Crippen LogP contribution in [0.15, 0.2) is 0 Å². The number of hydrogen-bond donors (Lipinski definition) is 1. The van der Waals surface area contributed by atoms with Crippen molar-refractivity contribution < 1.29 is 13.2 Å². The molecule has 160 valence electrons. The van der Waals surface area contributed by atoms with Crippen LogP contribution in [0, 0.1) is 5.92 Å². The van der Waals surface area contributed by atoms with Gasteiger partial charge in [-0.15, -0.1) is 23.2 Å². The number of fused-ring (bicyclic) bond motifs is 1. The van der Waals surface area contributed by atoms with Crippen LogP contribution in [-0.2, 0) is 10.0 Å². The SMILES string of the molecule is CN1C(=O)N(CC2CC(Cl)CC(Cl)C2)C2CCC(S(=O)(=O)NC3(C)CC3)CC21. The van der Waals surface area contributed by atoms with Gasteiger partial charge in [0.05, 0.1) is 17.3 Å². The van der Waals surface area contributed by atoms with E-state index in [0.717, 1.165) is 38.5 Å². The number of carbonyl (C=O) groups is 1.